The molecule has 1 unspecified atom stereocenters. The number of nitrogens with one attached hydrogen (secondary N) is 1. The molecule has 0 saturated carbocycles. The van der Waals surface area contributed by atoms with Crippen LogP contribution >= 0.6 is 0 Å². The van der Waals surface area contributed by atoms with Gasteiger partial charge in [0.05, 0.1) is 0 Å². The molecule has 1 N–H and O–H groups in total. The molecule has 0 radical (unpaired) electrons. The van der Waals surface area contributed by atoms with Crippen molar-refractivity contribution in [1.82, 2.24) is 10.2 Å². The molecule has 2 nitrogen and oxygen atoms in total. The molecule has 1 aliphatic heterocycles. The molecule has 0 aromatic heterocycles. The van der Waals surface area contributed by atoms with Crippen LogP contribution in [0.4, 0.5) is 0 Å². The Bertz CT molecular complexity index is 261. The molecule has 0 aliphatic carbocycles. The monoisotopic (exact) mass is 240 g/mol. The normalized spacial score (nSPS) is 27.2. The van der Waals surface area contributed by atoms with Crippen LogP contribution in [-0.2, 0) is 0 Å². The Morgan fingerprint density at radius 2 is 1.71 bits per heavy atom. The lowest BCUT2D eigenvalue weighted by molar-refractivity contribution is -0.00413. The predicted molar refractivity (Wildman–Crippen MR) is 76.4 cm³/mol. The zero-order valence-corrected chi connectivity index (χ0v) is 13.1. The van der Waals surface area contributed by atoms with Crippen LogP contribution in [0.5, 0.6) is 0 Å². The minimum Gasteiger partial charge on any atom is -0.309 e. The predicted octanol–water partition coefficient (Wildman–Crippen LogP) is 3.27. The van der Waals surface area contributed by atoms with Gasteiger partial charge in [0.15, 0.2) is 0 Å². The fraction of sp³-hybridized carbons (Fsp3) is 1.00. The highest BCUT2D eigenvalue weighted by Crippen LogP contribution is 2.34. The number of nitrogens with zero attached hydrogens (tertiary/aromatic N) is 1. The largest absolute Gasteiger partial charge is 0.309 e. The molecule has 1 saturated heterocycles. The molecule has 0 aromatic rings. The topological polar surface area (TPSA) is 15.3 Å². The molecule has 0 bridgehead atoms. The van der Waals surface area contributed by atoms with Gasteiger partial charge in [0.25, 0.3) is 0 Å². The second kappa shape index (κ2) is 4.55. The van der Waals surface area contributed by atoms with Gasteiger partial charge in [-0.05, 0) is 46.5 Å². The molecular weight excluding hydrogens is 208 g/mol. The van der Waals surface area contributed by atoms with Crippen molar-refractivity contribution in [2.24, 2.45) is 5.41 Å². The second-order valence-corrected chi connectivity index (χ2v) is 8.29. The van der Waals surface area contributed by atoms with Gasteiger partial charge in [0.1, 0.15) is 0 Å². The van der Waals surface area contributed by atoms with Crippen molar-refractivity contribution in [2.45, 2.75) is 78.9 Å². The maximum Gasteiger partial charge on any atom is 0.0253 e. The zero-order chi connectivity index (χ0) is 13.5. The Kier molecular flexibility index (Phi) is 4.01. The Hall–Kier alpha value is -0.0800. The maximum atomic E-state index is 3.63. The lowest BCUT2D eigenvalue weighted by Crippen LogP contribution is -2.66. The van der Waals surface area contributed by atoms with Crippen LogP contribution < -0.4 is 5.32 Å². The van der Waals surface area contributed by atoms with Gasteiger partial charge in [-0.1, -0.05) is 20.8 Å². The van der Waals surface area contributed by atoms with Crippen molar-refractivity contribution in [3.8, 4) is 0 Å². The summed E-state index contributed by atoms with van der Waals surface area (Å²) in [6, 6.07) is 0.625. The fourth-order valence-electron chi connectivity index (χ4n) is 3.38. The van der Waals surface area contributed by atoms with Crippen LogP contribution in [0.2, 0.25) is 0 Å². The van der Waals surface area contributed by atoms with Crippen LogP contribution in [0.1, 0.15) is 61.8 Å². The van der Waals surface area contributed by atoms with Crippen LogP contribution in [0.25, 0.3) is 0 Å². The van der Waals surface area contributed by atoms with Crippen molar-refractivity contribution in [3.05, 3.63) is 0 Å². The SMILES string of the molecule is CC1CNC(C)(C)CN1C(C)(C)CC(C)(C)C. The molecule has 1 heterocycles. The van der Waals surface area contributed by atoms with Gasteiger partial charge in [-0.15, -0.1) is 0 Å². The average molecular weight is 240 g/mol. The van der Waals surface area contributed by atoms with Crippen molar-refractivity contribution < 1.29 is 0 Å². The molecule has 0 spiro atoms. The summed E-state index contributed by atoms with van der Waals surface area (Å²) >= 11 is 0. The summed E-state index contributed by atoms with van der Waals surface area (Å²) in [5.74, 6) is 0. The van der Waals surface area contributed by atoms with E-state index >= 15 is 0 Å². The van der Waals surface area contributed by atoms with E-state index in [9.17, 15) is 0 Å². The molecule has 0 amide bonds. The van der Waals surface area contributed by atoms with E-state index in [1.165, 1.54) is 6.42 Å². The van der Waals surface area contributed by atoms with E-state index in [-0.39, 0.29) is 11.1 Å². The van der Waals surface area contributed by atoms with Crippen LogP contribution in [0.15, 0.2) is 0 Å². The Balaban J connectivity index is 2.81. The van der Waals surface area contributed by atoms with E-state index in [0.29, 0.717) is 11.5 Å². The Labute approximate surface area is 108 Å². The van der Waals surface area contributed by atoms with Crippen molar-refractivity contribution in [2.75, 3.05) is 13.1 Å². The van der Waals surface area contributed by atoms with Crippen molar-refractivity contribution in [3.63, 3.8) is 0 Å². The zero-order valence-electron chi connectivity index (χ0n) is 13.1. The molecular formula is C15H32N2. The van der Waals surface area contributed by atoms with E-state index in [1.807, 2.05) is 0 Å². The van der Waals surface area contributed by atoms with E-state index in [1.54, 1.807) is 0 Å². The average Bonchev–Trinajstić information content (AvgIpc) is 2.05. The first-order chi connectivity index (χ1) is 7.43. The molecule has 0 aromatic carbocycles. The van der Waals surface area contributed by atoms with Gasteiger partial charge in [-0.25, -0.2) is 0 Å². The summed E-state index contributed by atoms with van der Waals surface area (Å²) in [7, 11) is 0. The molecule has 1 fully saturated rings. The quantitative estimate of drug-likeness (QED) is 0.797. The lowest BCUT2D eigenvalue weighted by atomic mass is 9.79. The number of hydrogen-bond acceptors (Lipinski definition) is 2. The van der Waals surface area contributed by atoms with Gasteiger partial charge in [-0.3, -0.25) is 4.90 Å². The first kappa shape index (κ1) is 15.0. The third-order valence-electron chi connectivity index (χ3n) is 3.71. The molecule has 1 aliphatic rings. The fourth-order valence-corrected chi connectivity index (χ4v) is 3.38. The third kappa shape index (κ3) is 4.26. The number of rotatable bonds is 2. The van der Waals surface area contributed by atoms with Crippen LogP contribution in [0.3, 0.4) is 0 Å². The van der Waals surface area contributed by atoms with Crippen molar-refractivity contribution in [1.29, 1.82) is 0 Å². The minimum absolute atomic E-state index is 0.238. The lowest BCUT2D eigenvalue weighted by Gasteiger charge is -2.52. The van der Waals surface area contributed by atoms with Crippen LogP contribution in [0, 0.1) is 5.41 Å². The molecule has 17 heavy (non-hydrogen) atoms. The highest BCUT2D eigenvalue weighted by atomic mass is 15.3. The second-order valence-electron chi connectivity index (χ2n) is 8.29. The standard InChI is InChI=1S/C15H32N2/c1-12-9-16-14(5,6)11-17(12)15(7,8)10-13(2,3)4/h12,16H,9-11H2,1-8H3. The smallest absolute Gasteiger partial charge is 0.0253 e. The molecule has 2 heteroatoms. The summed E-state index contributed by atoms with van der Waals surface area (Å²) < 4.78 is 0. The maximum absolute atomic E-state index is 3.63. The van der Waals surface area contributed by atoms with E-state index < -0.39 is 0 Å². The van der Waals surface area contributed by atoms with E-state index in [2.05, 4.69) is 65.6 Å². The van der Waals surface area contributed by atoms with Gasteiger partial charge in [-0.2, -0.15) is 0 Å². The van der Waals surface area contributed by atoms with E-state index in [4.69, 9.17) is 0 Å². The van der Waals surface area contributed by atoms with Gasteiger partial charge in [0.2, 0.25) is 0 Å². The third-order valence-corrected chi connectivity index (χ3v) is 3.71. The number of piperazine rings is 1. The van der Waals surface area contributed by atoms with Gasteiger partial charge in [0, 0.05) is 30.2 Å². The summed E-state index contributed by atoms with van der Waals surface area (Å²) in [6.45, 7) is 21.0. The first-order valence-corrected chi connectivity index (χ1v) is 6.95. The highest BCUT2D eigenvalue weighted by molar-refractivity contribution is 4.98. The summed E-state index contributed by atoms with van der Waals surface area (Å²) in [5.41, 5.74) is 0.900. The summed E-state index contributed by atoms with van der Waals surface area (Å²) in [4.78, 5) is 2.69. The Morgan fingerprint density at radius 1 is 1.18 bits per heavy atom. The summed E-state index contributed by atoms with van der Waals surface area (Å²) in [6.07, 6.45) is 1.24. The minimum atomic E-state index is 0.238. The first-order valence-electron chi connectivity index (χ1n) is 6.95. The summed E-state index contributed by atoms with van der Waals surface area (Å²) in [5, 5.41) is 3.63. The van der Waals surface area contributed by atoms with Crippen LogP contribution in [-0.4, -0.2) is 35.1 Å². The molecule has 1 rings (SSSR count). The van der Waals surface area contributed by atoms with Gasteiger partial charge < -0.3 is 5.32 Å². The van der Waals surface area contributed by atoms with E-state index in [0.717, 1.165) is 13.1 Å². The molecule has 1 atom stereocenters. The number of hydrogen-bond donors (Lipinski definition) is 1. The van der Waals surface area contributed by atoms with Gasteiger partial charge >= 0.3 is 0 Å². The molecule has 102 valence electrons. The highest BCUT2D eigenvalue weighted by Gasteiger charge is 2.39. The van der Waals surface area contributed by atoms with Crippen molar-refractivity contribution >= 4 is 0 Å². The Morgan fingerprint density at radius 3 is 2.18 bits per heavy atom.